The van der Waals surface area contributed by atoms with E-state index < -0.39 is 10.0 Å². The summed E-state index contributed by atoms with van der Waals surface area (Å²) in [5.74, 6) is 1.25. The second-order valence-corrected chi connectivity index (χ2v) is 6.30. The van der Waals surface area contributed by atoms with Gasteiger partial charge in [0.1, 0.15) is 11.5 Å². The first-order chi connectivity index (χ1) is 9.96. The van der Waals surface area contributed by atoms with Crippen molar-refractivity contribution in [1.82, 2.24) is 4.72 Å². The number of furan rings is 1. The van der Waals surface area contributed by atoms with E-state index in [2.05, 4.69) is 10.0 Å². The van der Waals surface area contributed by atoms with E-state index in [-0.39, 0.29) is 5.09 Å². The topological polar surface area (TPSA) is 80.6 Å². The van der Waals surface area contributed by atoms with E-state index in [1.54, 1.807) is 13.2 Å². The maximum Gasteiger partial charge on any atom is 0.273 e. The molecule has 2 rings (SSSR count). The Morgan fingerprint density at radius 2 is 2.00 bits per heavy atom. The molecule has 114 valence electrons. The Labute approximate surface area is 124 Å². The van der Waals surface area contributed by atoms with E-state index in [0.717, 1.165) is 17.0 Å². The number of aryl methyl sites for hydroxylation is 1. The fraction of sp³-hybridized carbons (Fsp3) is 0.286. The second-order valence-electron chi connectivity index (χ2n) is 4.49. The lowest BCUT2D eigenvalue weighted by molar-refractivity contribution is 0.411. The van der Waals surface area contributed by atoms with Crippen molar-refractivity contribution in [3.05, 3.63) is 41.7 Å². The van der Waals surface area contributed by atoms with Crippen LogP contribution < -0.4 is 14.8 Å². The molecular weight excluding hydrogens is 292 g/mol. The lowest BCUT2D eigenvalue weighted by Crippen LogP contribution is -2.17. The number of sulfonamides is 1. The van der Waals surface area contributed by atoms with E-state index in [4.69, 9.17) is 9.15 Å². The van der Waals surface area contributed by atoms with Crippen LogP contribution in [0.5, 0.6) is 5.75 Å². The molecule has 0 unspecified atom stereocenters. The number of ether oxygens (including phenoxy) is 1. The number of hydrogen-bond donors (Lipinski definition) is 2. The zero-order chi connectivity index (χ0) is 15.5. The van der Waals surface area contributed by atoms with Gasteiger partial charge in [0, 0.05) is 0 Å². The molecule has 0 aliphatic carbocycles. The Balaban J connectivity index is 2.11. The molecule has 0 saturated carbocycles. The minimum atomic E-state index is -3.55. The van der Waals surface area contributed by atoms with E-state index in [1.807, 2.05) is 25.1 Å². The Kier molecular flexibility index (Phi) is 4.54. The normalized spacial score (nSPS) is 11.4. The summed E-state index contributed by atoms with van der Waals surface area (Å²) in [4.78, 5) is 0. The van der Waals surface area contributed by atoms with Gasteiger partial charge in [0.25, 0.3) is 10.0 Å². The van der Waals surface area contributed by atoms with Crippen LogP contribution in [0.2, 0.25) is 0 Å². The van der Waals surface area contributed by atoms with Crippen LogP contribution in [0.15, 0.2) is 39.8 Å². The predicted octanol–water partition coefficient (Wildman–Crippen LogP) is 2.12. The van der Waals surface area contributed by atoms with E-state index in [9.17, 15) is 8.42 Å². The Morgan fingerprint density at radius 1 is 1.24 bits per heavy atom. The fourth-order valence-electron chi connectivity index (χ4n) is 1.83. The molecule has 0 bridgehead atoms. The molecule has 0 atom stereocenters. The highest BCUT2D eigenvalue weighted by molar-refractivity contribution is 7.89. The molecule has 0 saturated heterocycles. The largest absolute Gasteiger partial charge is 0.495 e. The summed E-state index contributed by atoms with van der Waals surface area (Å²) in [6.45, 7) is 2.34. The van der Waals surface area contributed by atoms with Gasteiger partial charge in [-0.15, -0.1) is 0 Å². The summed E-state index contributed by atoms with van der Waals surface area (Å²) >= 11 is 0. The van der Waals surface area contributed by atoms with Crippen molar-refractivity contribution < 1.29 is 17.6 Å². The molecule has 0 fully saturated rings. The Hall–Kier alpha value is -1.99. The smallest absolute Gasteiger partial charge is 0.273 e. The summed E-state index contributed by atoms with van der Waals surface area (Å²) in [6, 6.07) is 8.83. The molecule has 0 radical (unpaired) electrons. The number of benzene rings is 1. The van der Waals surface area contributed by atoms with Crippen molar-refractivity contribution in [3.8, 4) is 5.75 Å². The van der Waals surface area contributed by atoms with Gasteiger partial charge in [0.2, 0.25) is 5.09 Å². The van der Waals surface area contributed by atoms with Crippen LogP contribution in [0.1, 0.15) is 11.3 Å². The molecule has 1 aromatic carbocycles. The van der Waals surface area contributed by atoms with Gasteiger partial charge >= 0.3 is 0 Å². The number of anilines is 1. The van der Waals surface area contributed by atoms with Crippen LogP contribution in [0.25, 0.3) is 0 Å². The summed E-state index contributed by atoms with van der Waals surface area (Å²) < 4.78 is 36.0. The zero-order valence-electron chi connectivity index (χ0n) is 12.1. The van der Waals surface area contributed by atoms with Crippen molar-refractivity contribution >= 4 is 15.7 Å². The summed E-state index contributed by atoms with van der Waals surface area (Å²) in [5, 5.41) is 3.06. The predicted molar refractivity (Wildman–Crippen MR) is 80.0 cm³/mol. The summed E-state index contributed by atoms with van der Waals surface area (Å²) in [6.07, 6.45) is 0. The van der Waals surface area contributed by atoms with Crippen molar-refractivity contribution in [1.29, 1.82) is 0 Å². The van der Waals surface area contributed by atoms with Crippen molar-refractivity contribution in [2.75, 3.05) is 19.5 Å². The fourth-order valence-corrected chi connectivity index (χ4v) is 2.49. The number of rotatable bonds is 6. The molecular formula is C14H18N2O4S. The van der Waals surface area contributed by atoms with Gasteiger partial charge < -0.3 is 14.5 Å². The van der Waals surface area contributed by atoms with Crippen LogP contribution in [-0.2, 0) is 16.6 Å². The lowest BCUT2D eigenvalue weighted by atomic mass is 10.2. The summed E-state index contributed by atoms with van der Waals surface area (Å²) in [5.41, 5.74) is 1.91. The van der Waals surface area contributed by atoms with Crippen molar-refractivity contribution in [3.63, 3.8) is 0 Å². The van der Waals surface area contributed by atoms with Gasteiger partial charge in [-0.1, -0.05) is 6.07 Å². The molecule has 0 amide bonds. The van der Waals surface area contributed by atoms with Gasteiger partial charge in [0.15, 0.2) is 0 Å². The highest BCUT2D eigenvalue weighted by Crippen LogP contribution is 2.26. The highest BCUT2D eigenvalue weighted by atomic mass is 32.2. The van der Waals surface area contributed by atoms with Crippen LogP contribution in [0.4, 0.5) is 5.69 Å². The molecule has 1 heterocycles. The van der Waals surface area contributed by atoms with Crippen LogP contribution in [0, 0.1) is 6.92 Å². The molecule has 0 aliphatic heterocycles. The number of hydrogen-bond acceptors (Lipinski definition) is 5. The maximum atomic E-state index is 11.6. The number of methoxy groups -OCH3 is 1. The standard InChI is InChI=1S/C14H18N2O4S/c1-10-4-6-12(13(8-10)19-3)16-9-11-5-7-14(20-11)21(17,18)15-2/h4-8,15-16H,9H2,1-3H3. The Morgan fingerprint density at radius 3 is 2.67 bits per heavy atom. The molecule has 0 aliphatic rings. The molecule has 1 aromatic heterocycles. The average molecular weight is 310 g/mol. The molecule has 7 heteroatoms. The minimum absolute atomic E-state index is 0.0994. The van der Waals surface area contributed by atoms with Crippen LogP contribution in [-0.4, -0.2) is 22.6 Å². The first kappa shape index (κ1) is 15.4. The van der Waals surface area contributed by atoms with E-state index >= 15 is 0 Å². The second kappa shape index (κ2) is 6.19. The summed E-state index contributed by atoms with van der Waals surface area (Å²) in [7, 11) is -0.606. The number of nitrogens with one attached hydrogen (secondary N) is 2. The third-order valence-corrected chi connectivity index (χ3v) is 4.27. The van der Waals surface area contributed by atoms with Crippen molar-refractivity contribution in [2.24, 2.45) is 0 Å². The maximum absolute atomic E-state index is 11.6. The first-order valence-electron chi connectivity index (χ1n) is 6.37. The quantitative estimate of drug-likeness (QED) is 0.854. The molecule has 21 heavy (non-hydrogen) atoms. The van der Waals surface area contributed by atoms with Crippen molar-refractivity contribution in [2.45, 2.75) is 18.6 Å². The van der Waals surface area contributed by atoms with E-state index in [0.29, 0.717) is 12.3 Å². The van der Waals surface area contributed by atoms with E-state index in [1.165, 1.54) is 13.1 Å². The highest BCUT2D eigenvalue weighted by Gasteiger charge is 2.16. The lowest BCUT2D eigenvalue weighted by Gasteiger charge is -2.10. The Bertz CT molecular complexity index is 722. The van der Waals surface area contributed by atoms with Gasteiger partial charge in [0.05, 0.1) is 19.3 Å². The monoisotopic (exact) mass is 310 g/mol. The van der Waals surface area contributed by atoms with Gasteiger partial charge in [-0.25, -0.2) is 13.1 Å². The molecule has 6 nitrogen and oxygen atoms in total. The van der Waals surface area contributed by atoms with Gasteiger partial charge in [-0.3, -0.25) is 0 Å². The van der Waals surface area contributed by atoms with Crippen LogP contribution >= 0.6 is 0 Å². The van der Waals surface area contributed by atoms with Gasteiger partial charge in [-0.2, -0.15) is 0 Å². The molecule has 0 spiro atoms. The van der Waals surface area contributed by atoms with Crippen LogP contribution in [0.3, 0.4) is 0 Å². The zero-order valence-corrected chi connectivity index (χ0v) is 13.0. The van der Waals surface area contributed by atoms with Gasteiger partial charge in [-0.05, 0) is 43.8 Å². The third kappa shape index (κ3) is 3.56. The SMILES string of the molecule is CNS(=O)(=O)c1ccc(CNc2ccc(C)cc2OC)o1. The molecule has 2 N–H and O–H groups in total. The third-order valence-electron chi connectivity index (χ3n) is 2.98. The first-order valence-corrected chi connectivity index (χ1v) is 7.85. The average Bonchev–Trinajstić information content (AvgIpc) is 2.95. The molecule has 2 aromatic rings. The minimum Gasteiger partial charge on any atom is -0.495 e.